The molecule has 4 heteroatoms. The van der Waals surface area contributed by atoms with Crippen LogP contribution < -0.4 is 0 Å². The van der Waals surface area contributed by atoms with Crippen LogP contribution in [-0.4, -0.2) is 46.8 Å². The van der Waals surface area contributed by atoms with Crippen LogP contribution in [-0.2, 0) is 9.59 Å². The van der Waals surface area contributed by atoms with Crippen LogP contribution in [0.5, 0.6) is 0 Å². The highest BCUT2D eigenvalue weighted by Gasteiger charge is 2.41. The van der Waals surface area contributed by atoms with Crippen LogP contribution >= 0.6 is 0 Å². The Morgan fingerprint density at radius 3 is 2.22 bits per heavy atom. The molecule has 18 heavy (non-hydrogen) atoms. The van der Waals surface area contributed by atoms with Gasteiger partial charge in [0.2, 0.25) is 11.8 Å². The Bertz CT molecular complexity index is 338. The van der Waals surface area contributed by atoms with E-state index in [0.29, 0.717) is 18.9 Å². The first-order chi connectivity index (χ1) is 8.77. The van der Waals surface area contributed by atoms with E-state index in [1.807, 2.05) is 0 Å². The predicted molar refractivity (Wildman–Crippen MR) is 67.9 cm³/mol. The molecule has 0 radical (unpaired) electrons. The zero-order valence-electron chi connectivity index (χ0n) is 10.9. The number of hydrogen-bond acceptors (Lipinski definition) is 3. The third-order valence-corrected chi connectivity index (χ3v) is 4.70. The summed E-state index contributed by atoms with van der Waals surface area (Å²) >= 11 is 0. The Hall–Kier alpha value is -0.900. The highest BCUT2D eigenvalue weighted by Crippen LogP contribution is 2.31. The number of imide groups is 1. The Kier molecular flexibility index (Phi) is 3.37. The first kappa shape index (κ1) is 12.2. The van der Waals surface area contributed by atoms with Gasteiger partial charge in [0.1, 0.15) is 0 Å². The van der Waals surface area contributed by atoms with Crippen molar-refractivity contribution in [3.63, 3.8) is 0 Å². The van der Waals surface area contributed by atoms with E-state index >= 15 is 0 Å². The van der Waals surface area contributed by atoms with Crippen molar-refractivity contribution in [3.05, 3.63) is 0 Å². The summed E-state index contributed by atoms with van der Waals surface area (Å²) in [7, 11) is 0. The van der Waals surface area contributed by atoms with Crippen molar-refractivity contribution < 1.29 is 9.59 Å². The number of rotatable bonds is 1. The Labute approximate surface area is 108 Å². The first-order valence-electron chi connectivity index (χ1n) is 7.36. The van der Waals surface area contributed by atoms with Crippen molar-refractivity contribution in [2.75, 3.05) is 13.1 Å². The van der Waals surface area contributed by atoms with Crippen molar-refractivity contribution in [2.24, 2.45) is 0 Å². The summed E-state index contributed by atoms with van der Waals surface area (Å²) in [4.78, 5) is 28.3. The molecule has 3 aliphatic rings. The summed E-state index contributed by atoms with van der Waals surface area (Å²) in [6.07, 6.45) is 7.68. The monoisotopic (exact) mass is 250 g/mol. The van der Waals surface area contributed by atoms with Crippen molar-refractivity contribution >= 4 is 11.8 Å². The van der Waals surface area contributed by atoms with Gasteiger partial charge in [-0.05, 0) is 45.2 Å². The number of nitrogens with zero attached hydrogens (tertiary/aromatic N) is 2. The summed E-state index contributed by atoms with van der Waals surface area (Å²) in [6, 6.07) is 0.609. The molecule has 3 aliphatic heterocycles. The smallest absolute Gasteiger partial charge is 0.229 e. The number of likely N-dealkylation sites (tertiary alicyclic amines) is 1. The Morgan fingerprint density at radius 1 is 0.778 bits per heavy atom. The molecule has 0 aromatic heterocycles. The Morgan fingerprint density at radius 2 is 1.44 bits per heavy atom. The van der Waals surface area contributed by atoms with Crippen LogP contribution in [0.15, 0.2) is 0 Å². The molecule has 0 N–H and O–H groups in total. The van der Waals surface area contributed by atoms with E-state index in [0.717, 1.165) is 38.8 Å². The first-order valence-corrected chi connectivity index (χ1v) is 7.36. The quantitative estimate of drug-likeness (QED) is 0.663. The molecule has 2 unspecified atom stereocenters. The largest absolute Gasteiger partial charge is 0.298 e. The lowest BCUT2D eigenvalue weighted by atomic mass is 9.86. The van der Waals surface area contributed by atoms with Gasteiger partial charge in [-0.2, -0.15) is 0 Å². The maximum Gasteiger partial charge on any atom is 0.229 e. The number of fused-ring (bicyclic) bond motifs is 1. The average molecular weight is 250 g/mol. The Balaban J connectivity index is 1.80. The van der Waals surface area contributed by atoms with Gasteiger partial charge in [-0.25, -0.2) is 0 Å². The molecule has 3 heterocycles. The summed E-state index contributed by atoms with van der Waals surface area (Å²) in [6.45, 7) is 2.30. The van der Waals surface area contributed by atoms with E-state index in [-0.39, 0.29) is 17.9 Å². The highest BCUT2D eigenvalue weighted by molar-refractivity contribution is 5.98. The molecule has 3 fully saturated rings. The molecule has 2 atom stereocenters. The number of carbonyl (C=O) groups is 2. The molecule has 0 bridgehead atoms. The van der Waals surface area contributed by atoms with Crippen molar-refractivity contribution in [3.8, 4) is 0 Å². The molecule has 100 valence electrons. The molecule has 3 rings (SSSR count). The number of carbonyl (C=O) groups excluding carboxylic acids is 2. The lowest BCUT2D eigenvalue weighted by molar-refractivity contribution is -0.154. The molecular weight excluding hydrogens is 228 g/mol. The summed E-state index contributed by atoms with van der Waals surface area (Å²) < 4.78 is 0. The normalized spacial score (nSPS) is 34.6. The molecule has 0 saturated carbocycles. The van der Waals surface area contributed by atoms with Gasteiger partial charge in [0.05, 0.1) is 6.04 Å². The van der Waals surface area contributed by atoms with Gasteiger partial charge in [-0.3, -0.25) is 19.4 Å². The molecular formula is C14H22N2O2. The highest BCUT2D eigenvalue weighted by atomic mass is 16.2. The topological polar surface area (TPSA) is 40.6 Å². The lowest BCUT2D eigenvalue weighted by Gasteiger charge is -2.48. The fraction of sp³-hybridized carbons (Fsp3) is 0.857. The van der Waals surface area contributed by atoms with E-state index in [2.05, 4.69) is 4.90 Å². The van der Waals surface area contributed by atoms with Crippen LogP contribution in [0.1, 0.15) is 51.4 Å². The van der Waals surface area contributed by atoms with E-state index in [1.54, 1.807) is 4.90 Å². The van der Waals surface area contributed by atoms with Gasteiger partial charge in [0.15, 0.2) is 0 Å². The van der Waals surface area contributed by atoms with Crippen LogP contribution in [0.25, 0.3) is 0 Å². The molecule has 2 amide bonds. The number of hydrogen-bond donors (Lipinski definition) is 0. The molecule has 0 aliphatic carbocycles. The minimum atomic E-state index is 0.0728. The van der Waals surface area contributed by atoms with Crippen molar-refractivity contribution in [2.45, 2.75) is 63.5 Å². The molecule has 0 aromatic rings. The van der Waals surface area contributed by atoms with Crippen molar-refractivity contribution in [1.29, 1.82) is 0 Å². The van der Waals surface area contributed by atoms with Crippen LogP contribution in [0.3, 0.4) is 0 Å². The van der Waals surface area contributed by atoms with E-state index < -0.39 is 0 Å². The maximum absolute atomic E-state index is 12.1. The predicted octanol–water partition coefficient (Wildman–Crippen LogP) is 1.54. The molecule has 0 spiro atoms. The fourth-order valence-corrected chi connectivity index (χ4v) is 3.87. The number of amides is 2. The summed E-state index contributed by atoms with van der Waals surface area (Å²) in [5.41, 5.74) is 0. The molecule has 0 aromatic carbocycles. The maximum atomic E-state index is 12.1. The van der Waals surface area contributed by atoms with Crippen LogP contribution in [0.4, 0.5) is 0 Å². The van der Waals surface area contributed by atoms with Gasteiger partial charge < -0.3 is 0 Å². The summed E-state index contributed by atoms with van der Waals surface area (Å²) in [5, 5.41) is 0. The zero-order chi connectivity index (χ0) is 12.5. The molecule has 3 saturated heterocycles. The van der Waals surface area contributed by atoms with Gasteiger partial charge >= 0.3 is 0 Å². The second-order valence-electron chi connectivity index (χ2n) is 5.82. The second-order valence-corrected chi connectivity index (χ2v) is 5.82. The van der Waals surface area contributed by atoms with E-state index in [9.17, 15) is 9.59 Å². The standard InChI is InChI=1S/C14H22N2O2/c17-13-7-3-8-14(18)16(13)12-6-4-10-15-9-2-1-5-11(12)15/h11-12H,1-10H2. The van der Waals surface area contributed by atoms with Gasteiger partial charge in [0.25, 0.3) is 0 Å². The summed E-state index contributed by atoms with van der Waals surface area (Å²) in [5.74, 6) is 0.146. The SMILES string of the molecule is O=C1CCCC(=O)N1C1CCCN2CCCCC12. The minimum Gasteiger partial charge on any atom is -0.298 e. The average Bonchev–Trinajstić information content (AvgIpc) is 2.39. The second kappa shape index (κ2) is 5.00. The van der Waals surface area contributed by atoms with Gasteiger partial charge in [0, 0.05) is 18.9 Å². The van der Waals surface area contributed by atoms with Crippen LogP contribution in [0, 0.1) is 0 Å². The molecule has 4 nitrogen and oxygen atoms in total. The van der Waals surface area contributed by atoms with Gasteiger partial charge in [-0.1, -0.05) is 6.42 Å². The fourth-order valence-electron chi connectivity index (χ4n) is 3.87. The van der Waals surface area contributed by atoms with Crippen LogP contribution in [0.2, 0.25) is 0 Å². The van der Waals surface area contributed by atoms with E-state index in [1.165, 1.54) is 12.8 Å². The third kappa shape index (κ3) is 2.07. The van der Waals surface area contributed by atoms with E-state index in [4.69, 9.17) is 0 Å². The lowest BCUT2D eigenvalue weighted by Crippen LogP contribution is -2.60. The zero-order valence-corrected chi connectivity index (χ0v) is 10.9. The number of piperidine rings is 3. The van der Waals surface area contributed by atoms with Crippen molar-refractivity contribution in [1.82, 2.24) is 9.80 Å². The van der Waals surface area contributed by atoms with Gasteiger partial charge in [-0.15, -0.1) is 0 Å². The third-order valence-electron chi connectivity index (χ3n) is 4.70. The minimum absolute atomic E-state index is 0.0728.